The molecule has 2 heterocycles. The van der Waals surface area contributed by atoms with E-state index in [0.29, 0.717) is 18.2 Å². The second-order valence-electron chi connectivity index (χ2n) is 6.41. The molecule has 0 spiro atoms. The van der Waals surface area contributed by atoms with Crippen molar-refractivity contribution >= 4 is 0 Å². The molecule has 1 aromatic heterocycles. The molecule has 0 saturated carbocycles. The summed E-state index contributed by atoms with van der Waals surface area (Å²) in [7, 11) is 1.57. The molecule has 1 atom stereocenters. The van der Waals surface area contributed by atoms with Crippen LogP contribution in [0.1, 0.15) is 55.7 Å². The van der Waals surface area contributed by atoms with E-state index in [4.69, 9.17) is 9.26 Å². The molecule has 0 aliphatic carbocycles. The highest BCUT2D eigenvalue weighted by atomic mass is 16.5. The van der Waals surface area contributed by atoms with Gasteiger partial charge in [-0.15, -0.1) is 0 Å². The van der Waals surface area contributed by atoms with Crippen LogP contribution < -0.4 is 4.74 Å². The quantitative estimate of drug-likeness (QED) is 0.908. The number of hydrogen-bond donors (Lipinski definition) is 1. The summed E-state index contributed by atoms with van der Waals surface area (Å²) in [6.07, 6.45) is 2.17. The zero-order chi connectivity index (χ0) is 16.4. The standard InChI is InChI=1S/C18H24N2O3/c1-12(2)14-10-17(23-19-14)15-7-5-9-20(15)11-13-6-4-8-16(22-3)18(13)21/h4,6,8,10,12,15,21H,5,7,9,11H2,1-3H3/t15-/m1/s1. The van der Waals surface area contributed by atoms with E-state index in [0.717, 1.165) is 36.4 Å². The minimum Gasteiger partial charge on any atom is -0.504 e. The number of likely N-dealkylation sites (tertiary alicyclic amines) is 1. The average Bonchev–Trinajstić information content (AvgIpc) is 3.18. The molecular weight excluding hydrogens is 292 g/mol. The van der Waals surface area contributed by atoms with Crippen LogP contribution in [0, 0.1) is 0 Å². The van der Waals surface area contributed by atoms with Crippen molar-refractivity contribution in [2.45, 2.75) is 45.2 Å². The monoisotopic (exact) mass is 316 g/mol. The fourth-order valence-corrected chi connectivity index (χ4v) is 3.15. The van der Waals surface area contributed by atoms with Gasteiger partial charge in [-0.2, -0.15) is 0 Å². The molecule has 5 heteroatoms. The Bertz CT molecular complexity index is 666. The maximum Gasteiger partial charge on any atom is 0.162 e. The van der Waals surface area contributed by atoms with Crippen molar-refractivity contribution in [3.8, 4) is 11.5 Å². The van der Waals surface area contributed by atoms with Gasteiger partial charge in [0, 0.05) is 18.2 Å². The topological polar surface area (TPSA) is 58.7 Å². The van der Waals surface area contributed by atoms with E-state index in [1.165, 1.54) is 0 Å². The van der Waals surface area contributed by atoms with Gasteiger partial charge in [0.1, 0.15) is 0 Å². The van der Waals surface area contributed by atoms with Gasteiger partial charge in [0.25, 0.3) is 0 Å². The van der Waals surface area contributed by atoms with Crippen molar-refractivity contribution < 1.29 is 14.4 Å². The smallest absolute Gasteiger partial charge is 0.162 e. The van der Waals surface area contributed by atoms with Crippen LogP contribution in [0.3, 0.4) is 0 Å². The lowest BCUT2D eigenvalue weighted by molar-refractivity contribution is 0.204. The molecule has 1 fully saturated rings. The predicted molar refractivity (Wildman–Crippen MR) is 87.6 cm³/mol. The van der Waals surface area contributed by atoms with Gasteiger partial charge in [-0.05, 0) is 31.4 Å². The Hall–Kier alpha value is -2.01. The summed E-state index contributed by atoms with van der Waals surface area (Å²) in [5.74, 6) is 2.03. The number of aromatic hydroxyl groups is 1. The van der Waals surface area contributed by atoms with E-state index in [-0.39, 0.29) is 11.8 Å². The zero-order valence-corrected chi connectivity index (χ0v) is 14.0. The van der Waals surface area contributed by atoms with Gasteiger partial charge in [0.2, 0.25) is 0 Å². The maximum atomic E-state index is 10.3. The van der Waals surface area contributed by atoms with Crippen molar-refractivity contribution in [1.82, 2.24) is 10.1 Å². The Morgan fingerprint density at radius 2 is 2.26 bits per heavy atom. The molecule has 3 rings (SSSR count). The molecule has 1 aliphatic heterocycles. The minimum atomic E-state index is 0.223. The molecule has 1 aliphatic rings. The van der Waals surface area contributed by atoms with Crippen LogP contribution in [-0.4, -0.2) is 28.8 Å². The van der Waals surface area contributed by atoms with Gasteiger partial charge in [0.05, 0.1) is 18.8 Å². The number of rotatable bonds is 5. The highest BCUT2D eigenvalue weighted by Crippen LogP contribution is 2.37. The SMILES string of the molecule is COc1cccc(CN2CCC[C@@H]2c2cc(C(C)C)no2)c1O. The second-order valence-corrected chi connectivity index (χ2v) is 6.41. The minimum absolute atomic E-state index is 0.223. The van der Waals surface area contributed by atoms with Gasteiger partial charge in [-0.3, -0.25) is 4.90 Å². The summed E-state index contributed by atoms with van der Waals surface area (Å²) in [6, 6.07) is 7.91. The van der Waals surface area contributed by atoms with E-state index < -0.39 is 0 Å². The number of phenols is 1. The third-order valence-electron chi connectivity index (χ3n) is 4.51. The van der Waals surface area contributed by atoms with Crippen LogP contribution in [-0.2, 0) is 6.54 Å². The van der Waals surface area contributed by atoms with Gasteiger partial charge < -0.3 is 14.4 Å². The molecule has 2 aromatic rings. The molecule has 23 heavy (non-hydrogen) atoms. The molecule has 124 valence electrons. The summed E-state index contributed by atoms with van der Waals surface area (Å²) in [5, 5.41) is 14.5. The van der Waals surface area contributed by atoms with Crippen LogP contribution in [0.25, 0.3) is 0 Å². The Labute approximate surface area is 136 Å². The van der Waals surface area contributed by atoms with Crippen molar-refractivity contribution in [2.24, 2.45) is 0 Å². The Balaban J connectivity index is 1.79. The van der Waals surface area contributed by atoms with Crippen LogP contribution in [0.4, 0.5) is 0 Å². The zero-order valence-electron chi connectivity index (χ0n) is 14.0. The summed E-state index contributed by atoms with van der Waals surface area (Å²) in [6.45, 7) is 5.88. The highest BCUT2D eigenvalue weighted by molar-refractivity contribution is 5.45. The molecule has 0 amide bonds. The lowest BCUT2D eigenvalue weighted by Gasteiger charge is -2.23. The Morgan fingerprint density at radius 3 is 2.96 bits per heavy atom. The maximum absolute atomic E-state index is 10.3. The number of aromatic nitrogens is 1. The summed E-state index contributed by atoms with van der Waals surface area (Å²) in [4.78, 5) is 2.33. The van der Waals surface area contributed by atoms with Crippen LogP contribution in [0.2, 0.25) is 0 Å². The first-order chi connectivity index (χ1) is 11.1. The van der Waals surface area contributed by atoms with Gasteiger partial charge in [-0.25, -0.2) is 0 Å². The summed E-state index contributed by atoms with van der Waals surface area (Å²) in [5.41, 5.74) is 1.87. The first kappa shape index (κ1) is 15.9. The molecule has 0 unspecified atom stereocenters. The molecule has 0 radical (unpaired) electrons. The second kappa shape index (κ2) is 6.62. The predicted octanol–water partition coefficient (Wildman–Crippen LogP) is 3.85. The summed E-state index contributed by atoms with van der Waals surface area (Å²) < 4.78 is 10.8. The van der Waals surface area contributed by atoms with Crippen molar-refractivity contribution in [2.75, 3.05) is 13.7 Å². The van der Waals surface area contributed by atoms with Crippen molar-refractivity contribution in [1.29, 1.82) is 0 Å². The first-order valence-corrected chi connectivity index (χ1v) is 8.15. The third-order valence-corrected chi connectivity index (χ3v) is 4.51. The number of methoxy groups -OCH3 is 1. The van der Waals surface area contributed by atoms with Crippen LogP contribution in [0.15, 0.2) is 28.8 Å². The van der Waals surface area contributed by atoms with Gasteiger partial charge in [0.15, 0.2) is 17.3 Å². The van der Waals surface area contributed by atoms with Crippen LogP contribution >= 0.6 is 0 Å². The fourth-order valence-electron chi connectivity index (χ4n) is 3.15. The first-order valence-electron chi connectivity index (χ1n) is 8.15. The number of para-hydroxylation sites is 1. The van der Waals surface area contributed by atoms with E-state index in [1.807, 2.05) is 12.1 Å². The number of phenolic OH excluding ortho intramolecular Hbond substituents is 1. The Kier molecular flexibility index (Phi) is 4.57. The number of benzene rings is 1. The number of hydrogen-bond acceptors (Lipinski definition) is 5. The lowest BCUT2D eigenvalue weighted by atomic mass is 10.1. The third kappa shape index (κ3) is 3.20. The Morgan fingerprint density at radius 1 is 1.43 bits per heavy atom. The molecule has 1 N–H and O–H groups in total. The van der Waals surface area contributed by atoms with E-state index in [2.05, 4.69) is 30.0 Å². The largest absolute Gasteiger partial charge is 0.504 e. The van der Waals surface area contributed by atoms with Crippen molar-refractivity contribution in [3.05, 3.63) is 41.3 Å². The number of nitrogens with zero attached hydrogens (tertiary/aromatic N) is 2. The van der Waals surface area contributed by atoms with Gasteiger partial charge in [-0.1, -0.05) is 31.1 Å². The van der Waals surface area contributed by atoms with E-state index >= 15 is 0 Å². The van der Waals surface area contributed by atoms with Gasteiger partial charge >= 0.3 is 0 Å². The normalized spacial score (nSPS) is 18.7. The highest BCUT2D eigenvalue weighted by Gasteiger charge is 2.30. The van der Waals surface area contributed by atoms with Crippen LogP contribution in [0.5, 0.6) is 11.5 Å². The summed E-state index contributed by atoms with van der Waals surface area (Å²) >= 11 is 0. The lowest BCUT2D eigenvalue weighted by Crippen LogP contribution is -2.22. The number of ether oxygens (including phenoxy) is 1. The average molecular weight is 316 g/mol. The molecule has 1 saturated heterocycles. The van der Waals surface area contributed by atoms with E-state index in [1.54, 1.807) is 13.2 Å². The molecule has 5 nitrogen and oxygen atoms in total. The molecule has 0 bridgehead atoms. The fraction of sp³-hybridized carbons (Fsp3) is 0.500. The molecular formula is C18H24N2O3. The van der Waals surface area contributed by atoms with E-state index in [9.17, 15) is 5.11 Å². The van der Waals surface area contributed by atoms with Crippen molar-refractivity contribution in [3.63, 3.8) is 0 Å². The molecule has 1 aromatic carbocycles.